The van der Waals surface area contributed by atoms with Crippen LogP contribution in [0, 0.1) is 0 Å². The monoisotopic (exact) mass is 481 g/mol. The van der Waals surface area contributed by atoms with E-state index >= 15 is 0 Å². The fourth-order valence-corrected chi connectivity index (χ4v) is 4.24. The minimum atomic E-state index is -0.864. The predicted octanol–water partition coefficient (Wildman–Crippen LogP) is 6.21. The van der Waals surface area contributed by atoms with E-state index < -0.39 is 5.97 Å². The van der Waals surface area contributed by atoms with E-state index in [1.807, 2.05) is 66.7 Å². The number of nitrogens with zero attached hydrogens (tertiary/aromatic N) is 3. The second kappa shape index (κ2) is 10.5. The molecule has 36 heavy (non-hydrogen) atoms. The molecule has 0 atom stereocenters. The van der Waals surface area contributed by atoms with Crippen LogP contribution in [0.2, 0.25) is 0 Å². The molecule has 182 valence electrons. The minimum Gasteiger partial charge on any atom is -0.494 e. The van der Waals surface area contributed by atoms with Crippen LogP contribution in [0.25, 0.3) is 33.9 Å². The third kappa shape index (κ3) is 5.00. The Kier molecular flexibility index (Phi) is 6.80. The largest absolute Gasteiger partial charge is 0.494 e. The molecule has 0 aliphatic heterocycles. The van der Waals surface area contributed by atoms with Crippen LogP contribution in [0.4, 0.5) is 0 Å². The highest BCUT2D eigenvalue weighted by Crippen LogP contribution is 2.31. The van der Waals surface area contributed by atoms with Crippen LogP contribution in [0.1, 0.15) is 30.9 Å². The molecule has 0 spiro atoms. The molecule has 3 heterocycles. The molecule has 0 saturated heterocycles. The molecule has 0 aliphatic rings. The fraction of sp³-hybridized carbons (Fsp3) is 0.207. The molecule has 5 rings (SSSR count). The van der Waals surface area contributed by atoms with Crippen LogP contribution in [0.5, 0.6) is 5.75 Å². The van der Waals surface area contributed by atoms with Crippen LogP contribution in [-0.2, 0) is 17.8 Å². The van der Waals surface area contributed by atoms with E-state index in [9.17, 15) is 9.90 Å². The molecule has 0 saturated carbocycles. The smallest absolute Gasteiger partial charge is 0.307 e. The van der Waals surface area contributed by atoms with Gasteiger partial charge in [0.25, 0.3) is 0 Å². The van der Waals surface area contributed by atoms with Crippen molar-refractivity contribution in [1.29, 1.82) is 0 Å². The van der Waals surface area contributed by atoms with Gasteiger partial charge in [0.15, 0.2) is 5.65 Å². The first-order valence-corrected chi connectivity index (χ1v) is 12.0. The molecule has 0 unspecified atom stereocenters. The molecule has 0 fully saturated rings. The summed E-state index contributed by atoms with van der Waals surface area (Å²) in [4.78, 5) is 21.0. The first kappa shape index (κ1) is 23.4. The number of hydrogen-bond donors (Lipinski definition) is 1. The SMILES string of the molecule is CCCCOc1cccc(-c2nc3ncc(-c4ccco4)cc3n2Cc2ccccc2CC(=O)O)c1. The number of imidazole rings is 1. The Morgan fingerprint density at radius 2 is 1.89 bits per heavy atom. The summed E-state index contributed by atoms with van der Waals surface area (Å²) in [5, 5.41) is 9.43. The van der Waals surface area contributed by atoms with Crippen molar-refractivity contribution in [3.8, 4) is 28.5 Å². The molecule has 2 aromatic carbocycles. The van der Waals surface area contributed by atoms with Gasteiger partial charge in [0.05, 0.1) is 31.4 Å². The summed E-state index contributed by atoms with van der Waals surface area (Å²) in [6.07, 6.45) is 5.39. The van der Waals surface area contributed by atoms with Crippen LogP contribution >= 0.6 is 0 Å². The number of carboxylic acids is 1. The molecular formula is C29H27N3O4. The van der Waals surface area contributed by atoms with E-state index in [2.05, 4.69) is 16.5 Å². The first-order chi connectivity index (χ1) is 17.6. The van der Waals surface area contributed by atoms with Crippen molar-refractivity contribution in [2.45, 2.75) is 32.7 Å². The number of hydrogen-bond acceptors (Lipinski definition) is 5. The standard InChI is InChI=1S/C29H27N3O4/c1-2-3-13-35-24-11-6-10-21(15-24)29-31-28-25(16-23(18-30-28)26-12-7-14-36-26)32(29)19-22-9-5-4-8-20(22)17-27(33)34/h4-12,14-16,18H,2-3,13,17,19H2,1H3,(H,33,34). The number of furan rings is 1. The number of benzene rings is 2. The van der Waals surface area contributed by atoms with Crippen molar-refractivity contribution in [3.63, 3.8) is 0 Å². The quantitative estimate of drug-likeness (QED) is 0.238. The molecule has 7 heteroatoms. The van der Waals surface area contributed by atoms with Gasteiger partial charge in [-0.2, -0.15) is 0 Å². The van der Waals surface area contributed by atoms with Crippen molar-refractivity contribution in [3.05, 3.63) is 90.3 Å². The van der Waals surface area contributed by atoms with Crippen LogP contribution in [0.15, 0.2) is 83.6 Å². The molecule has 0 aliphatic carbocycles. The Hall–Kier alpha value is -4.39. The molecule has 5 aromatic rings. The van der Waals surface area contributed by atoms with Gasteiger partial charge in [0.1, 0.15) is 17.3 Å². The topological polar surface area (TPSA) is 90.4 Å². The zero-order chi connectivity index (χ0) is 24.9. The molecule has 3 aromatic heterocycles. The highest BCUT2D eigenvalue weighted by atomic mass is 16.5. The molecular weight excluding hydrogens is 454 g/mol. The van der Waals surface area contributed by atoms with E-state index in [1.54, 1.807) is 12.5 Å². The van der Waals surface area contributed by atoms with Gasteiger partial charge in [-0.1, -0.05) is 49.7 Å². The summed E-state index contributed by atoms with van der Waals surface area (Å²) in [7, 11) is 0. The zero-order valence-corrected chi connectivity index (χ0v) is 20.1. The lowest BCUT2D eigenvalue weighted by atomic mass is 10.0. The molecule has 0 radical (unpaired) electrons. The van der Waals surface area contributed by atoms with Gasteiger partial charge in [0, 0.05) is 17.3 Å². The lowest BCUT2D eigenvalue weighted by Gasteiger charge is -2.14. The average Bonchev–Trinajstić information content (AvgIpc) is 3.54. The van der Waals surface area contributed by atoms with Crippen molar-refractivity contribution >= 4 is 17.1 Å². The molecule has 0 amide bonds. The summed E-state index contributed by atoms with van der Waals surface area (Å²) in [6, 6.07) is 21.2. The van der Waals surface area contributed by atoms with Gasteiger partial charge in [-0.05, 0) is 47.9 Å². The summed E-state index contributed by atoms with van der Waals surface area (Å²) in [5.74, 6) is 1.38. The van der Waals surface area contributed by atoms with E-state index in [1.165, 1.54) is 0 Å². The molecule has 0 bridgehead atoms. The van der Waals surface area contributed by atoms with Gasteiger partial charge < -0.3 is 18.8 Å². The van der Waals surface area contributed by atoms with Gasteiger partial charge in [-0.3, -0.25) is 4.79 Å². The number of ether oxygens (including phenoxy) is 1. The number of fused-ring (bicyclic) bond motifs is 1. The number of unbranched alkanes of at least 4 members (excludes halogenated alkanes) is 1. The van der Waals surface area contributed by atoms with Crippen molar-refractivity contribution in [2.75, 3.05) is 6.61 Å². The van der Waals surface area contributed by atoms with E-state index in [4.69, 9.17) is 14.1 Å². The average molecular weight is 482 g/mol. The van der Waals surface area contributed by atoms with Crippen LogP contribution in [0.3, 0.4) is 0 Å². The van der Waals surface area contributed by atoms with Gasteiger partial charge >= 0.3 is 5.97 Å². The second-order valence-corrected chi connectivity index (χ2v) is 8.63. The molecule has 1 N–H and O–H groups in total. The minimum absolute atomic E-state index is 0.0468. The third-order valence-corrected chi connectivity index (χ3v) is 6.06. The second-order valence-electron chi connectivity index (χ2n) is 8.63. The van der Waals surface area contributed by atoms with Gasteiger partial charge in [0.2, 0.25) is 0 Å². The fourth-order valence-electron chi connectivity index (χ4n) is 4.24. The third-order valence-electron chi connectivity index (χ3n) is 6.06. The maximum absolute atomic E-state index is 11.5. The van der Waals surface area contributed by atoms with E-state index in [-0.39, 0.29) is 6.42 Å². The van der Waals surface area contributed by atoms with Crippen molar-refractivity contribution < 1.29 is 19.1 Å². The first-order valence-electron chi connectivity index (χ1n) is 12.0. The van der Waals surface area contributed by atoms with Gasteiger partial charge in [-0.15, -0.1) is 0 Å². The lowest BCUT2D eigenvalue weighted by Crippen LogP contribution is -2.08. The van der Waals surface area contributed by atoms with Gasteiger partial charge in [-0.25, -0.2) is 9.97 Å². The Morgan fingerprint density at radius 3 is 2.67 bits per heavy atom. The Morgan fingerprint density at radius 1 is 1.03 bits per heavy atom. The molecule has 7 nitrogen and oxygen atoms in total. The normalized spacial score (nSPS) is 11.1. The van der Waals surface area contributed by atoms with E-state index in [0.717, 1.165) is 57.9 Å². The number of rotatable bonds is 10. The number of carbonyl (C=O) groups is 1. The Bertz CT molecular complexity index is 1490. The highest BCUT2D eigenvalue weighted by Gasteiger charge is 2.18. The maximum Gasteiger partial charge on any atom is 0.307 e. The number of pyridine rings is 1. The summed E-state index contributed by atoms with van der Waals surface area (Å²) in [5.41, 5.74) is 4.87. The Labute approximate surface area is 209 Å². The lowest BCUT2D eigenvalue weighted by molar-refractivity contribution is -0.136. The van der Waals surface area contributed by atoms with Crippen molar-refractivity contribution in [1.82, 2.24) is 14.5 Å². The zero-order valence-electron chi connectivity index (χ0n) is 20.1. The maximum atomic E-state index is 11.5. The Balaban J connectivity index is 1.63. The van der Waals surface area contributed by atoms with E-state index in [0.29, 0.717) is 18.8 Å². The summed E-state index contributed by atoms with van der Waals surface area (Å²) >= 11 is 0. The van der Waals surface area contributed by atoms with Crippen molar-refractivity contribution in [2.24, 2.45) is 0 Å². The number of aliphatic carboxylic acids is 1. The highest BCUT2D eigenvalue weighted by molar-refractivity contribution is 5.81. The number of carboxylic acid groups (broad SMARTS) is 1. The summed E-state index contributed by atoms with van der Waals surface area (Å²) < 4.78 is 13.6. The van der Waals surface area contributed by atoms with Crippen LogP contribution in [-0.4, -0.2) is 32.2 Å². The summed E-state index contributed by atoms with van der Waals surface area (Å²) in [6.45, 7) is 3.24. The number of aromatic nitrogens is 3. The predicted molar refractivity (Wildman–Crippen MR) is 138 cm³/mol. The van der Waals surface area contributed by atoms with Crippen LogP contribution < -0.4 is 4.74 Å².